The first-order valence-corrected chi connectivity index (χ1v) is 10.7. The quantitative estimate of drug-likeness (QED) is 0.466. The summed E-state index contributed by atoms with van der Waals surface area (Å²) in [4.78, 5) is 15.6. The van der Waals surface area contributed by atoms with Crippen molar-refractivity contribution in [2.45, 2.75) is 70.8 Å². The highest BCUT2D eigenvalue weighted by atomic mass is 16.4. The molecule has 1 aromatic carbocycles. The molecule has 5 heteroatoms. The fraction of sp³-hybridized carbons (Fsp3) is 0.609. The van der Waals surface area contributed by atoms with Gasteiger partial charge in [0.05, 0.1) is 17.9 Å². The van der Waals surface area contributed by atoms with Crippen LogP contribution >= 0.6 is 0 Å². The summed E-state index contributed by atoms with van der Waals surface area (Å²) in [5, 5.41) is 20.1. The molecule has 1 atom stereocenters. The maximum Gasteiger partial charge on any atom is 0.336 e. The number of unbranched alkanes of at least 4 members (excludes halogenated alkanes) is 8. The Hall–Kier alpha value is -2.01. The van der Waals surface area contributed by atoms with Gasteiger partial charge in [0.2, 0.25) is 0 Å². The molecule has 5 nitrogen and oxygen atoms in total. The van der Waals surface area contributed by atoms with Gasteiger partial charge in [0, 0.05) is 25.4 Å². The molecule has 0 aliphatic carbocycles. The second-order valence-electron chi connectivity index (χ2n) is 7.83. The van der Waals surface area contributed by atoms with Gasteiger partial charge in [-0.05, 0) is 12.5 Å². The summed E-state index contributed by atoms with van der Waals surface area (Å²) in [6, 6.07) is 6.67. The van der Waals surface area contributed by atoms with Crippen LogP contribution in [-0.2, 0) is 0 Å². The van der Waals surface area contributed by atoms with Crippen molar-refractivity contribution in [1.82, 2.24) is 9.80 Å². The average molecular weight is 389 g/mol. The minimum Gasteiger partial charge on any atom is -0.478 e. The van der Waals surface area contributed by atoms with Gasteiger partial charge in [-0.1, -0.05) is 76.5 Å². The van der Waals surface area contributed by atoms with Crippen LogP contribution in [0.5, 0.6) is 0 Å². The highest BCUT2D eigenvalue weighted by Gasteiger charge is 2.27. The Morgan fingerprint density at radius 3 is 2.29 bits per heavy atom. The Bertz CT molecular complexity index is 644. The van der Waals surface area contributed by atoms with Crippen molar-refractivity contribution in [2.75, 3.05) is 20.3 Å². The third kappa shape index (κ3) is 6.55. The number of benzene rings is 1. The van der Waals surface area contributed by atoms with Gasteiger partial charge in [0.25, 0.3) is 0 Å². The molecule has 0 spiro atoms. The number of carboxylic acids is 1. The Morgan fingerprint density at radius 1 is 1.04 bits per heavy atom. The molecule has 0 amide bonds. The molecule has 1 heterocycles. The third-order valence-corrected chi connectivity index (χ3v) is 5.46. The van der Waals surface area contributed by atoms with Crippen LogP contribution in [0.25, 0.3) is 0 Å². The molecule has 28 heavy (non-hydrogen) atoms. The molecule has 156 valence electrons. The number of nitrogens with zero attached hydrogens (tertiary/aromatic N) is 2. The summed E-state index contributed by atoms with van der Waals surface area (Å²) in [6.45, 7) is 3.95. The van der Waals surface area contributed by atoms with Crippen molar-refractivity contribution < 1.29 is 15.0 Å². The first-order chi connectivity index (χ1) is 13.5. The van der Waals surface area contributed by atoms with E-state index in [1.54, 1.807) is 18.2 Å². The molecule has 0 saturated carbocycles. The molecule has 2 rings (SSSR count). The summed E-state index contributed by atoms with van der Waals surface area (Å²) in [6.07, 6.45) is 12.8. The van der Waals surface area contributed by atoms with Crippen molar-refractivity contribution in [3.05, 3.63) is 47.3 Å². The van der Waals surface area contributed by atoms with E-state index >= 15 is 0 Å². The lowest BCUT2D eigenvalue weighted by molar-refractivity contribution is 0.0690. The lowest BCUT2D eigenvalue weighted by Gasteiger charge is -2.22. The SMILES string of the molecule is CCCCCCCCCCCN1C=C(C(O)c2ccccc2C(=O)O)N(C)C1. The van der Waals surface area contributed by atoms with Crippen molar-refractivity contribution in [3.8, 4) is 0 Å². The molecule has 1 aromatic rings. The van der Waals surface area contributed by atoms with E-state index in [9.17, 15) is 15.0 Å². The molecule has 0 fully saturated rings. The number of aliphatic hydroxyl groups excluding tert-OH is 1. The summed E-state index contributed by atoms with van der Waals surface area (Å²) in [5.74, 6) is -1.01. The summed E-state index contributed by atoms with van der Waals surface area (Å²) >= 11 is 0. The zero-order valence-corrected chi connectivity index (χ0v) is 17.4. The van der Waals surface area contributed by atoms with E-state index in [4.69, 9.17) is 0 Å². The van der Waals surface area contributed by atoms with Crippen LogP contribution in [0.4, 0.5) is 0 Å². The summed E-state index contributed by atoms with van der Waals surface area (Å²) in [7, 11) is 1.94. The summed E-state index contributed by atoms with van der Waals surface area (Å²) < 4.78 is 0. The van der Waals surface area contributed by atoms with Crippen LogP contribution in [-0.4, -0.2) is 46.2 Å². The standard InChI is InChI=1S/C23H36N2O3/c1-3-4-5-6-7-8-9-10-13-16-25-17-21(24(2)18-25)22(26)19-14-11-12-15-20(19)23(27)28/h11-12,14-15,17,22,26H,3-10,13,16,18H2,1-2H3,(H,27,28). The van der Waals surface area contributed by atoms with Gasteiger partial charge in [0.15, 0.2) is 0 Å². The van der Waals surface area contributed by atoms with E-state index < -0.39 is 12.1 Å². The lowest BCUT2D eigenvalue weighted by Crippen LogP contribution is -2.26. The van der Waals surface area contributed by atoms with Crippen LogP contribution in [0.2, 0.25) is 0 Å². The Balaban J connectivity index is 1.78. The molecular weight excluding hydrogens is 352 g/mol. The normalized spacial score (nSPS) is 15.0. The highest BCUT2D eigenvalue weighted by Crippen LogP contribution is 2.30. The second-order valence-corrected chi connectivity index (χ2v) is 7.83. The molecule has 1 unspecified atom stereocenters. The van der Waals surface area contributed by atoms with Crippen molar-refractivity contribution in [3.63, 3.8) is 0 Å². The van der Waals surface area contributed by atoms with E-state index in [-0.39, 0.29) is 5.56 Å². The molecule has 0 radical (unpaired) electrons. The fourth-order valence-corrected chi connectivity index (χ4v) is 3.81. The predicted molar refractivity (Wildman–Crippen MR) is 113 cm³/mol. The Kier molecular flexibility index (Phi) is 9.35. The Morgan fingerprint density at radius 2 is 1.64 bits per heavy atom. The maximum absolute atomic E-state index is 11.4. The van der Waals surface area contributed by atoms with E-state index in [1.807, 2.05) is 18.1 Å². The van der Waals surface area contributed by atoms with E-state index in [2.05, 4.69) is 11.8 Å². The molecule has 1 aliphatic heterocycles. The van der Waals surface area contributed by atoms with Gasteiger partial charge >= 0.3 is 5.97 Å². The van der Waals surface area contributed by atoms with Gasteiger partial charge in [-0.3, -0.25) is 0 Å². The number of likely N-dealkylation sites (N-methyl/N-ethyl adjacent to an activating group) is 1. The van der Waals surface area contributed by atoms with Gasteiger partial charge in [-0.15, -0.1) is 0 Å². The van der Waals surface area contributed by atoms with Crippen LogP contribution in [0.3, 0.4) is 0 Å². The molecule has 1 aliphatic rings. The van der Waals surface area contributed by atoms with Crippen molar-refractivity contribution in [1.29, 1.82) is 0 Å². The summed E-state index contributed by atoms with van der Waals surface area (Å²) in [5.41, 5.74) is 1.35. The first kappa shape index (κ1) is 22.3. The highest BCUT2D eigenvalue weighted by molar-refractivity contribution is 5.89. The minimum atomic E-state index is -1.01. The number of carboxylic acid groups (broad SMARTS) is 1. The van der Waals surface area contributed by atoms with Crippen molar-refractivity contribution in [2.24, 2.45) is 0 Å². The number of hydrogen-bond donors (Lipinski definition) is 2. The Labute approximate surface area is 169 Å². The zero-order chi connectivity index (χ0) is 20.4. The average Bonchev–Trinajstić information content (AvgIpc) is 3.06. The lowest BCUT2D eigenvalue weighted by atomic mass is 10.0. The molecule has 0 aromatic heterocycles. The van der Waals surface area contributed by atoms with Gasteiger partial charge < -0.3 is 20.0 Å². The number of carbonyl (C=O) groups is 1. The van der Waals surface area contributed by atoms with Crippen LogP contribution < -0.4 is 0 Å². The van der Waals surface area contributed by atoms with E-state index in [0.717, 1.165) is 25.3 Å². The van der Waals surface area contributed by atoms with Crippen LogP contribution in [0.15, 0.2) is 36.2 Å². The zero-order valence-electron chi connectivity index (χ0n) is 17.4. The number of hydrogen-bond acceptors (Lipinski definition) is 4. The number of aliphatic hydroxyl groups is 1. The van der Waals surface area contributed by atoms with Gasteiger partial charge in [-0.25, -0.2) is 4.79 Å². The molecule has 0 bridgehead atoms. The molecular formula is C23H36N2O3. The monoisotopic (exact) mass is 388 g/mol. The van der Waals surface area contributed by atoms with Gasteiger partial charge in [0.1, 0.15) is 6.10 Å². The van der Waals surface area contributed by atoms with Crippen LogP contribution in [0.1, 0.15) is 86.7 Å². The van der Waals surface area contributed by atoms with Gasteiger partial charge in [-0.2, -0.15) is 0 Å². The predicted octanol–water partition coefficient (Wildman–Crippen LogP) is 5.00. The third-order valence-electron chi connectivity index (χ3n) is 5.46. The van der Waals surface area contributed by atoms with Crippen LogP contribution in [0, 0.1) is 0 Å². The number of aromatic carboxylic acids is 1. The fourth-order valence-electron chi connectivity index (χ4n) is 3.81. The topological polar surface area (TPSA) is 64.0 Å². The molecule has 0 saturated heterocycles. The molecule has 2 N–H and O–H groups in total. The van der Waals surface area contributed by atoms with E-state index in [0.29, 0.717) is 5.56 Å². The number of rotatable bonds is 13. The minimum absolute atomic E-state index is 0.154. The first-order valence-electron chi connectivity index (χ1n) is 10.7. The smallest absolute Gasteiger partial charge is 0.336 e. The largest absolute Gasteiger partial charge is 0.478 e. The second kappa shape index (κ2) is 11.7. The van der Waals surface area contributed by atoms with E-state index in [1.165, 1.54) is 57.4 Å². The van der Waals surface area contributed by atoms with Crippen molar-refractivity contribution >= 4 is 5.97 Å². The maximum atomic E-state index is 11.4.